The Morgan fingerprint density at radius 1 is 1.33 bits per heavy atom. The average Bonchev–Trinajstić information content (AvgIpc) is 2.85. The summed E-state index contributed by atoms with van der Waals surface area (Å²) in [5, 5.41) is 3.21. The van der Waals surface area contributed by atoms with Crippen molar-refractivity contribution < 1.29 is 22.7 Å². The van der Waals surface area contributed by atoms with E-state index in [-0.39, 0.29) is 17.7 Å². The van der Waals surface area contributed by atoms with Gasteiger partial charge in [-0.2, -0.15) is 0 Å². The van der Waals surface area contributed by atoms with Crippen molar-refractivity contribution in [2.45, 2.75) is 38.2 Å². The Bertz CT molecular complexity index is 558. The highest BCUT2D eigenvalue weighted by atomic mass is 19.4. The molecule has 0 saturated carbocycles. The van der Waals surface area contributed by atoms with Gasteiger partial charge >= 0.3 is 6.36 Å². The molecule has 0 spiro atoms. The lowest BCUT2D eigenvalue weighted by Crippen LogP contribution is -2.34. The first-order valence-corrected chi connectivity index (χ1v) is 7.85. The summed E-state index contributed by atoms with van der Waals surface area (Å²) in [5.41, 5.74) is 0.781. The summed E-state index contributed by atoms with van der Waals surface area (Å²) in [7, 11) is 0. The third-order valence-corrected chi connectivity index (χ3v) is 3.91. The Balaban J connectivity index is 1.92. The van der Waals surface area contributed by atoms with Crippen molar-refractivity contribution in [2.75, 3.05) is 13.1 Å². The van der Waals surface area contributed by atoms with Crippen LogP contribution in [-0.2, 0) is 11.3 Å². The summed E-state index contributed by atoms with van der Waals surface area (Å²) in [5.74, 6) is -0.177. The molecule has 2 rings (SSSR count). The van der Waals surface area contributed by atoms with Crippen molar-refractivity contribution in [2.24, 2.45) is 0 Å². The molecule has 1 saturated heterocycles. The Morgan fingerprint density at radius 2 is 2.04 bits per heavy atom. The molecule has 1 fully saturated rings. The molecule has 0 unspecified atom stereocenters. The topological polar surface area (TPSA) is 41.6 Å². The molecule has 1 N–H and O–H groups in total. The molecule has 24 heavy (non-hydrogen) atoms. The molecule has 1 aliphatic heterocycles. The Kier molecular flexibility index (Phi) is 6.25. The highest BCUT2D eigenvalue weighted by Gasteiger charge is 2.32. The molecule has 0 bridgehead atoms. The number of amides is 1. The number of hydrogen-bond donors (Lipinski definition) is 1. The van der Waals surface area contributed by atoms with Crippen LogP contribution in [0.1, 0.15) is 24.8 Å². The van der Waals surface area contributed by atoms with Crippen LogP contribution in [0.15, 0.2) is 36.9 Å². The van der Waals surface area contributed by atoms with E-state index in [9.17, 15) is 18.0 Å². The number of rotatable bonds is 8. The van der Waals surface area contributed by atoms with Crippen molar-refractivity contribution in [3.8, 4) is 5.75 Å². The van der Waals surface area contributed by atoms with E-state index < -0.39 is 6.36 Å². The third-order valence-electron chi connectivity index (χ3n) is 3.91. The largest absolute Gasteiger partial charge is 0.573 e. The van der Waals surface area contributed by atoms with Crippen LogP contribution in [0.25, 0.3) is 0 Å². The SMILES string of the molecule is C=CCNCC[C@H]1CCC(=O)N1Cc1ccc(OC(F)(F)F)cc1. The highest BCUT2D eigenvalue weighted by Crippen LogP contribution is 2.26. The molecule has 4 nitrogen and oxygen atoms in total. The van der Waals surface area contributed by atoms with E-state index in [4.69, 9.17) is 0 Å². The molecular weight excluding hydrogens is 321 g/mol. The molecule has 1 aliphatic rings. The summed E-state index contributed by atoms with van der Waals surface area (Å²) in [6.07, 6.45) is -0.752. The van der Waals surface area contributed by atoms with Gasteiger partial charge in [0, 0.05) is 25.6 Å². The molecule has 132 valence electrons. The standard InChI is InChI=1S/C17H21F3N2O2/c1-2-10-21-11-9-14-5-8-16(23)22(14)12-13-3-6-15(7-4-13)24-17(18,19)20/h2-4,6-7,14,21H,1,5,8-12H2/t14-/m1/s1. The van der Waals surface area contributed by atoms with Gasteiger partial charge in [-0.05, 0) is 37.1 Å². The van der Waals surface area contributed by atoms with Gasteiger partial charge in [0.15, 0.2) is 0 Å². The minimum absolute atomic E-state index is 0.0827. The molecule has 1 amide bonds. The smallest absolute Gasteiger partial charge is 0.406 e. The zero-order valence-corrected chi connectivity index (χ0v) is 13.3. The second kappa shape index (κ2) is 8.19. The molecule has 0 aliphatic carbocycles. The van der Waals surface area contributed by atoms with Gasteiger partial charge in [0.05, 0.1) is 0 Å². The van der Waals surface area contributed by atoms with E-state index in [2.05, 4.69) is 16.6 Å². The number of likely N-dealkylation sites (tertiary alicyclic amines) is 1. The second-order valence-electron chi connectivity index (χ2n) is 5.69. The van der Waals surface area contributed by atoms with Crippen LogP contribution in [-0.4, -0.2) is 36.3 Å². The van der Waals surface area contributed by atoms with E-state index in [0.29, 0.717) is 13.0 Å². The van der Waals surface area contributed by atoms with E-state index >= 15 is 0 Å². The quantitative estimate of drug-likeness (QED) is 0.582. The molecule has 1 aromatic rings. The van der Waals surface area contributed by atoms with E-state index in [1.165, 1.54) is 12.1 Å². The summed E-state index contributed by atoms with van der Waals surface area (Å²) in [6.45, 7) is 5.55. The van der Waals surface area contributed by atoms with Crippen LogP contribution in [0, 0.1) is 0 Å². The molecular formula is C17H21F3N2O2. The van der Waals surface area contributed by atoms with Crippen LogP contribution in [0.3, 0.4) is 0 Å². The summed E-state index contributed by atoms with van der Waals surface area (Å²) >= 11 is 0. The summed E-state index contributed by atoms with van der Waals surface area (Å²) in [4.78, 5) is 13.8. The number of nitrogens with one attached hydrogen (secondary N) is 1. The predicted molar refractivity (Wildman–Crippen MR) is 84.4 cm³/mol. The van der Waals surface area contributed by atoms with Gasteiger partial charge in [0.2, 0.25) is 5.91 Å². The second-order valence-corrected chi connectivity index (χ2v) is 5.69. The maximum Gasteiger partial charge on any atom is 0.573 e. The molecule has 1 aromatic carbocycles. The summed E-state index contributed by atoms with van der Waals surface area (Å²) < 4.78 is 40.3. The van der Waals surface area contributed by atoms with Crippen LogP contribution < -0.4 is 10.1 Å². The zero-order valence-electron chi connectivity index (χ0n) is 13.3. The fourth-order valence-corrected chi connectivity index (χ4v) is 2.78. The van der Waals surface area contributed by atoms with Gasteiger partial charge in [-0.1, -0.05) is 18.2 Å². The minimum atomic E-state index is -4.70. The van der Waals surface area contributed by atoms with Crippen molar-refractivity contribution in [3.63, 3.8) is 0 Å². The van der Waals surface area contributed by atoms with Gasteiger partial charge in [-0.3, -0.25) is 4.79 Å². The molecule has 1 heterocycles. The Hall–Kier alpha value is -2.02. The number of benzene rings is 1. The first kappa shape index (κ1) is 18.3. The first-order chi connectivity index (χ1) is 11.4. The number of alkyl halides is 3. The number of carbonyl (C=O) groups is 1. The number of carbonyl (C=O) groups excluding carboxylic acids is 1. The fourth-order valence-electron chi connectivity index (χ4n) is 2.78. The highest BCUT2D eigenvalue weighted by molar-refractivity contribution is 5.78. The van der Waals surface area contributed by atoms with Crippen LogP contribution in [0.4, 0.5) is 13.2 Å². The average molecular weight is 342 g/mol. The van der Waals surface area contributed by atoms with Gasteiger partial charge in [-0.25, -0.2) is 0 Å². The molecule has 1 atom stereocenters. The molecule has 0 radical (unpaired) electrons. The van der Waals surface area contributed by atoms with Gasteiger partial charge in [0.1, 0.15) is 5.75 Å². The van der Waals surface area contributed by atoms with Crippen molar-refractivity contribution in [3.05, 3.63) is 42.5 Å². The fraction of sp³-hybridized carbons (Fsp3) is 0.471. The zero-order chi connectivity index (χ0) is 17.6. The van der Waals surface area contributed by atoms with E-state index in [0.717, 1.165) is 31.5 Å². The van der Waals surface area contributed by atoms with Crippen LogP contribution >= 0.6 is 0 Å². The van der Waals surface area contributed by atoms with Crippen LogP contribution in [0.2, 0.25) is 0 Å². The Morgan fingerprint density at radius 3 is 2.67 bits per heavy atom. The van der Waals surface area contributed by atoms with Gasteiger partial charge < -0.3 is 15.0 Å². The monoisotopic (exact) mass is 342 g/mol. The van der Waals surface area contributed by atoms with E-state index in [1.807, 2.05) is 0 Å². The maximum absolute atomic E-state index is 12.2. The summed E-state index contributed by atoms with van der Waals surface area (Å²) in [6, 6.07) is 5.80. The number of hydrogen-bond acceptors (Lipinski definition) is 3. The predicted octanol–water partition coefficient (Wildman–Crippen LogP) is 3.24. The lowest BCUT2D eigenvalue weighted by molar-refractivity contribution is -0.274. The third kappa shape index (κ3) is 5.56. The normalized spacial score (nSPS) is 18.0. The first-order valence-electron chi connectivity index (χ1n) is 7.85. The number of halogens is 3. The van der Waals surface area contributed by atoms with Crippen molar-refractivity contribution >= 4 is 5.91 Å². The van der Waals surface area contributed by atoms with Crippen LogP contribution in [0.5, 0.6) is 5.75 Å². The number of ether oxygens (including phenoxy) is 1. The lowest BCUT2D eigenvalue weighted by atomic mass is 10.1. The van der Waals surface area contributed by atoms with Crippen molar-refractivity contribution in [1.82, 2.24) is 10.2 Å². The van der Waals surface area contributed by atoms with Gasteiger partial charge in [0.25, 0.3) is 0 Å². The van der Waals surface area contributed by atoms with E-state index in [1.54, 1.807) is 23.1 Å². The molecule has 0 aromatic heterocycles. The number of nitrogens with zero attached hydrogens (tertiary/aromatic N) is 1. The minimum Gasteiger partial charge on any atom is -0.406 e. The Labute approximate surface area is 139 Å². The maximum atomic E-state index is 12.2. The van der Waals surface area contributed by atoms with Gasteiger partial charge in [-0.15, -0.1) is 19.8 Å². The molecule has 7 heteroatoms. The lowest BCUT2D eigenvalue weighted by Gasteiger charge is -2.25. The van der Waals surface area contributed by atoms with Crippen molar-refractivity contribution in [1.29, 1.82) is 0 Å².